The summed E-state index contributed by atoms with van der Waals surface area (Å²) in [5.74, 6) is 0.810. The van der Waals surface area contributed by atoms with Gasteiger partial charge < -0.3 is 10.1 Å². The van der Waals surface area contributed by atoms with E-state index in [2.05, 4.69) is 15.3 Å². The number of methoxy groups -OCH3 is 1. The van der Waals surface area contributed by atoms with Crippen LogP contribution in [0.3, 0.4) is 0 Å². The maximum Gasteiger partial charge on any atom is 0.259 e. The van der Waals surface area contributed by atoms with Gasteiger partial charge in [-0.05, 0) is 42.5 Å². The van der Waals surface area contributed by atoms with Gasteiger partial charge in [-0.15, -0.1) is 0 Å². The van der Waals surface area contributed by atoms with Crippen molar-refractivity contribution >= 4 is 44.3 Å². The molecular weight excluding hydrogens is 478 g/mol. The summed E-state index contributed by atoms with van der Waals surface area (Å²) < 4.78 is 32.6. The lowest BCUT2D eigenvalue weighted by Crippen LogP contribution is -2.22. The molecule has 0 aliphatic carbocycles. The van der Waals surface area contributed by atoms with Crippen molar-refractivity contribution < 1.29 is 13.2 Å². The van der Waals surface area contributed by atoms with Crippen LogP contribution in [0.4, 0.5) is 11.6 Å². The quantitative estimate of drug-likeness (QED) is 0.431. The Morgan fingerprint density at radius 3 is 2.53 bits per heavy atom. The highest BCUT2D eigenvalue weighted by Crippen LogP contribution is 2.31. The van der Waals surface area contributed by atoms with Crippen molar-refractivity contribution in [2.45, 2.75) is 4.90 Å². The number of anilines is 2. The first kappa shape index (κ1) is 23.7. The lowest BCUT2D eigenvalue weighted by Gasteiger charge is -2.13. The van der Waals surface area contributed by atoms with Crippen LogP contribution in [0.1, 0.15) is 0 Å². The van der Waals surface area contributed by atoms with Gasteiger partial charge in [0.2, 0.25) is 16.0 Å². The molecule has 11 heteroatoms. The normalized spacial score (nSPS) is 11.7. The Bertz CT molecular complexity index is 1570. The molecule has 34 heavy (non-hydrogen) atoms. The lowest BCUT2D eigenvalue weighted by molar-refractivity contribution is 0.415. The van der Waals surface area contributed by atoms with Crippen LogP contribution in [0.25, 0.3) is 22.2 Å². The van der Waals surface area contributed by atoms with Crippen molar-refractivity contribution in [1.29, 1.82) is 0 Å². The number of pyridine rings is 1. The van der Waals surface area contributed by atoms with E-state index in [9.17, 15) is 13.2 Å². The smallest absolute Gasteiger partial charge is 0.259 e. The van der Waals surface area contributed by atoms with E-state index in [-0.39, 0.29) is 16.4 Å². The molecule has 0 aliphatic heterocycles. The Hall–Kier alpha value is -3.47. The summed E-state index contributed by atoms with van der Waals surface area (Å²) in [4.78, 5) is 22.0. The van der Waals surface area contributed by atoms with Crippen LogP contribution in [-0.4, -0.2) is 48.5 Å². The van der Waals surface area contributed by atoms with Crippen molar-refractivity contribution in [2.24, 2.45) is 7.05 Å². The zero-order valence-corrected chi connectivity index (χ0v) is 20.5. The maximum absolute atomic E-state index is 13.1. The van der Waals surface area contributed by atoms with Gasteiger partial charge >= 0.3 is 0 Å². The summed E-state index contributed by atoms with van der Waals surface area (Å²) in [5, 5.41) is 4.04. The molecule has 2 aromatic heterocycles. The number of aromatic nitrogens is 3. The highest BCUT2D eigenvalue weighted by atomic mass is 35.5. The van der Waals surface area contributed by atoms with E-state index in [1.165, 1.54) is 30.8 Å². The first-order chi connectivity index (χ1) is 16.1. The van der Waals surface area contributed by atoms with Gasteiger partial charge in [0.25, 0.3) is 5.56 Å². The van der Waals surface area contributed by atoms with E-state index in [0.717, 1.165) is 4.31 Å². The van der Waals surface area contributed by atoms with E-state index in [0.29, 0.717) is 38.6 Å². The van der Waals surface area contributed by atoms with E-state index >= 15 is 0 Å². The Morgan fingerprint density at radius 1 is 1.09 bits per heavy atom. The van der Waals surface area contributed by atoms with Crippen molar-refractivity contribution in [1.82, 2.24) is 18.8 Å². The van der Waals surface area contributed by atoms with Gasteiger partial charge in [-0.3, -0.25) is 9.36 Å². The molecular formula is C23H22ClN5O4S. The molecule has 0 radical (unpaired) electrons. The summed E-state index contributed by atoms with van der Waals surface area (Å²) in [6, 6.07) is 13.1. The van der Waals surface area contributed by atoms with Gasteiger partial charge in [-0.2, -0.15) is 4.98 Å². The van der Waals surface area contributed by atoms with E-state index < -0.39 is 10.0 Å². The van der Waals surface area contributed by atoms with Crippen LogP contribution in [0, 0.1) is 0 Å². The molecule has 176 valence electrons. The summed E-state index contributed by atoms with van der Waals surface area (Å²) in [5.41, 5.74) is 1.62. The molecule has 0 unspecified atom stereocenters. The number of sulfonamides is 1. The molecule has 4 aromatic rings. The largest absolute Gasteiger partial charge is 0.497 e. The van der Waals surface area contributed by atoms with Crippen LogP contribution < -0.4 is 15.6 Å². The number of hydrogen-bond acceptors (Lipinski definition) is 7. The number of aryl methyl sites for hydroxylation is 1. The first-order valence-electron chi connectivity index (χ1n) is 10.1. The monoisotopic (exact) mass is 499 g/mol. The number of ether oxygens (including phenoxy) is 1. The summed E-state index contributed by atoms with van der Waals surface area (Å²) in [6.45, 7) is 0. The fourth-order valence-electron chi connectivity index (χ4n) is 3.42. The highest BCUT2D eigenvalue weighted by molar-refractivity contribution is 7.89. The minimum absolute atomic E-state index is 0.136. The third kappa shape index (κ3) is 4.35. The molecule has 4 rings (SSSR count). The second kappa shape index (κ2) is 9.05. The van der Waals surface area contributed by atoms with Crippen molar-refractivity contribution in [2.75, 3.05) is 26.5 Å². The molecule has 9 nitrogen and oxygen atoms in total. The van der Waals surface area contributed by atoms with Gasteiger partial charge in [-0.25, -0.2) is 17.7 Å². The second-order valence-corrected chi connectivity index (χ2v) is 10.2. The fraction of sp³-hybridized carbons (Fsp3) is 0.174. The van der Waals surface area contributed by atoms with Gasteiger partial charge in [0.1, 0.15) is 11.4 Å². The van der Waals surface area contributed by atoms with Gasteiger partial charge in [0.05, 0.1) is 17.0 Å². The molecule has 0 bridgehead atoms. The van der Waals surface area contributed by atoms with Crippen LogP contribution in [-0.2, 0) is 17.1 Å². The van der Waals surface area contributed by atoms with E-state index in [1.54, 1.807) is 56.8 Å². The zero-order chi connectivity index (χ0) is 24.6. The van der Waals surface area contributed by atoms with Crippen LogP contribution in [0.5, 0.6) is 5.75 Å². The Morgan fingerprint density at radius 2 is 1.85 bits per heavy atom. The van der Waals surface area contributed by atoms with E-state index in [1.807, 2.05) is 0 Å². The van der Waals surface area contributed by atoms with Gasteiger partial charge in [-0.1, -0.05) is 17.7 Å². The number of fused-ring (bicyclic) bond motifs is 1. The number of rotatable bonds is 6. The molecule has 0 atom stereocenters. The minimum Gasteiger partial charge on any atom is -0.497 e. The lowest BCUT2D eigenvalue weighted by atomic mass is 10.1. The molecule has 0 fully saturated rings. The summed E-state index contributed by atoms with van der Waals surface area (Å²) in [6.07, 6.45) is 1.59. The Kier molecular flexibility index (Phi) is 6.30. The van der Waals surface area contributed by atoms with Gasteiger partial charge in [0, 0.05) is 49.5 Å². The number of nitrogens with one attached hydrogen (secondary N) is 1. The predicted molar refractivity (Wildman–Crippen MR) is 132 cm³/mol. The van der Waals surface area contributed by atoms with Crippen LogP contribution >= 0.6 is 11.6 Å². The molecule has 0 aliphatic rings. The molecule has 0 amide bonds. The van der Waals surface area contributed by atoms with Crippen LogP contribution in [0.15, 0.2) is 64.4 Å². The molecule has 2 aromatic carbocycles. The van der Waals surface area contributed by atoms with E-state index in [4.69, 9.17) is 16.3 Å². The fourth-order valence-corrected chi connectivity index (χ4v) is 4.64. The Labute approximate surface area is 201 Å². The highest BCUT2D eigenvalue weighted by Gasteiger charge is 2.18. The standard InChI is InChI=1S/C23H22ClN5O4S/c1-28(2)34(31,32)17-7-5-6-15(11-17)26-23-25-13-14-10-19(22(30)29(3)21(14)27-23)18-9-8-16(33-4)12-20(18)24/h5-13H,1-4H3,(H,25,26,27). The predicted octanol–water partition coefficient (Wildman–Crippen LogP) is 3.65. The van der Waals surface area contributed by atoms with Crippen molar-refractivity contribution in [3.8, 4) is 16.9 Å². The molecule has 1 N–H and O–H groups in total. The summed E-state index contributed by atoms with van der Waals surface area (Å²) in [7, 11) is 2.51. The number of halogens is 1. The topological polar surface area (TPSA) is 106 Å². The number of hydrogen-bond donors (Lipinski definition) is 1. The average Bonchev–Trinajstić information content (AvgIpc) is 2.82. The van der Waals surface area contributed by atoms with Crippen molar-refractivity contribution in [3.63, 3.8) is 0 Å². The Balaban J connectivity index is 1.73. The SMILES string of the molecule is COc1ccc(-c2cc3cnc(Nc4cccc(S(=O)(=O)N(C)C)c4)nc3n(C)c2=O)c(Cl)c1. The molecule has 0 saturated heterocycles. The minimum atomic E-state index is -3.59. The first-order valence-corrected chi connectivity index (χ1v) is 11.9. The number of nitrogens with zero attached hydrogens (tertiary/aromatic N) is 4. The maximum atomic E-state index is 13.1. The van der Waals surface area contributed by atoms with Crippen molar-refractivity contribution in [3.05, 3.63) is 70.1 Å². The molecule has 2 heterocycles. The average molecular weight is 500 g/mol. The van der Waals surface area contributed by atoms with Gasteiger partial charge in [0.15, 0.2) is 0 Å². The zero-order valence-electron chi connectivity index (χ0n) is 18.9. The number of benzene rings is 2. The summed E-state index contributed by atoms with van der Waals surface area (Å²) >= 11 is 6.38. The third-order valence-electron chi connectivity index (χ3n) is 5.28. The second-order valence-electron chi connectivity index (χ2n) is 7.68. The third-order valence-corrected chi connectivity index (χ3v) is 7.41. The molecule has 0 saturated carbocycles. The van der Waals surface area contributed by atoms with Crippen LogP contribution in [0.2, 0.25) is 5.02 Å². The molecule has 0 spiro atoms.